The van der Waals surface area contributed by atoms with E-state index < -0.39 is 11.5 Å². The van der Waals surface area contributed by atoms with Crippen LogP contribution in [0.15, 0.2) is 0 Å². The van der Waals surface area contributed by atoms with Gasteiger partial charge >= 0.3 is 5.97 Å². The van der Waals surface area contributed by atoms with E-state index in [0.29, 0.717) is 25.9 Å². The Morgan fingerprint density at radius 1 is 1.26 bits per heavy atom. The minimum absolute atomic E-state index is 0.260. The predicted octanol–water partition coefficient (Wildman–Crippen LogP) is 3.33. The Balaban J connectivity index is 3.65. The first kappa shape index (κ1) is 18.4. The molecule has 3 N–H and O–H groups in total. The van der Waals surface area contributed by atoms with Crippen molar-refractivity contribution in [2.45, 2.75) is 83.8 Å². The molecule has 0 aromatic heterocycles. The van der Waals surface area contributed by atoms with Gasteiger partial charge in [-0.05, 0) is 32.6 Å². The molecule has 0 heterocycles. The highest BCUT2D eigenvalue weighted by Crippen LogP contribution is 2.15. The summed E-state index contributed by atoms with van der Waals surface area (Å²) in [6.45, 7) is 6.69. The van der Waals surface area contributed by atoms with E-state index in [0.717, 1.165) is 6.42 Å². The van der Waals surface area contributed by atoms with Crippen LogP contribution in [0.5, 0.6) is 0 Å². The third-order valence-electron chi connectivity index (χ3n) is 3.69. The van der Waals surface area contributed by atoms with Crippen molar-refractivity contribution in [2.75, 3.05) is 6.61 Å². The maximum absolute atomic E-state index is 11.0. The number of aliphatic carboxylic acids is 1. The molecule has 0 aromatic rings. The molecular weight excluding hydrogens is 242 g/mol. The van der Waals surface area contributed by atoms with Crippen molar-refractivity contribution in [1.82, 2.24) is 0 Å². The molecule has 0 bridgehead atoms. The Morgan fingerprint density at radius 3 is 2.47 bits per heavy atom. The van der Waals surface area contributed by atoms with Gasteiger partial charge in [0, 0.05) is 6.61 Å². The van der Waals surface area contributed by atoms with Crippen molar-refractivity contribution >= 4 is 5.97 Å². The van der Waals surface area contributed by atoms with E-state index in [9.17, 15) is 4.79 Å². The number of hydrogen-bond acceptors (Lipinski definition) is 3. The van der Waals surface area contributed by atoms with Crippen molar-refractivity contribution in [3.05, 3.63) is 0 Å². The van der Waals surface area contributed by atoms with E-state index in [4.69, 9.17) is 15.6 Å². The average Bonchev–Trinajstić information content (AvgIpc) is 2.39. The minimum Gasteiger partial charge on any atom is -0.480 e. The first-order chi connectivity index (χ1) is 8.96. The molecule has 0 aliphatic carbocycles. The van der Waals surface area contributed by atoms with E-state index in [1.54, 1.807) is 0 Å². The van der Waals surface area contributed by atoms with E-state index >= 15 is 0 Å². The van der Waals surface area contributed by atoms with E-state index in [1.807, 2.05) is 6.92 Å². The minimum atomic E-state index is -1.09. The number of carbonyl (C=O) groups is 1. The SMILES string of the molecule is CCCCCCC(C)OCCCC(N)(CC)C(=O)O. The molecule has 0 fully saturated rings. The van der Waals surface area contributed by atoms with Gasteiger partial charge in [-0.15, -0.1) is 0 Å². The molecule has 0 saturated carbocycles. The Morgan fingerprint density at radius 2 is 1.95 bits per heavy atom. The molecule has 4 nitrogen and oxygen atoms in total. The van der Waals surface area contributed by atoms with Crippen molar-refractivity contribution in [3.63, 3.8) is 0 Å². The molecule has 0 aromatic carbocycles. The van der Waals surface area contributed by atoms with Gasteiger partial charge in [0.2, 0.25) is 0 Å². The van der Waals surface area contributed by atoms with Crippen LogP contribution in [0.2, 0.25) is 0 Å². The van der Waals surface area contributed by atoms with Gasteiger partial charge in [0.25, 0.3) is 0 Å². The first-order valence-electron chi connectivity index (χ1n) is 7.60. The van der Waals surface area contributed by atoms with Crippen LogP contribution < -0.4 is 5.73 Å². The van der Waals surface area contributed by atoms with Crippen LogP contribution in [-0.4, -0.2) is 29.3 Å². The molecule has 19 heavy (non-hydrogen) atoms. The molecule has 4 heteroatoms. The second-order valence-corrected chi connectivity index (χ2v) is 5.45. The molecule has 0 saturated heterocycles. The van der Waals surface area contributed by atoms with E-state index in [2.05, 4.69) is 13.8 Å². The lowest BCUT2D eigenvalue weighted by atomic mass is 9.92. The second kappa shape index (κ2) is 10.2. The standard InChI is InChI=1S/C15H31NO3/c1-4-6-7-8-10-13(3)19-12-9-11-15(16,5-2)14(17)18/h13H,4-12,16H2,1-3H3,(H,17,18). The molecule has 0 amide bonds. The summed E-state index contributed by atoms with van der Waals surface area (Å²) in [5, 5.41) is 9.04. The van der Waals surface area contributed by atoms with Crippen LogP contribution in [0.4, 0.5) is 0 Å². The Hall–Kier alpha value is -0.610. The smallest absolute Gasteiger partial charge is 0.323 e. The predicted molar refractivity (Wildman–Crippen MR) is 78.3 cm³/mol. The molecular formula is C15H31NO3. The van der Waals surface area contributed by atoms with Gasteiger partial charge in [0.1, 0.15) is 5.54 Å². The highest BCUT2D eigenvalue weighted by atomic mass is 16.5. The fourth-order valence-corrected chi connectivity index (χ4v) is 2.05. The number of hydrogen-bond donors (Lipinski definition) is 2. The monoisotopic (exact) mass is 273 g/mol. The van der Waals surface area contributed by atoms with Crippen LogP contribution in [0.1, 0.15) is 72.1 Å². The number of rotatable bonds is 12. The summed E-state index contributed by atoms with van der Waals surface area (Å²) in [6, 6.07) is 0. The highest BCUT2D eigenvalue weighted by molar-refractivity contribution is 5.78. The summed E-state index contributed by atoms with van der Waals surface area (Å²) in [5.74, 6) is -0.914. The van der Waals surface area contributed by atoms with Crippen molar-refractivity contribution in [1.29, 1.82) is 0 Å². The van der Waals surface area contributed by atoms with Gasteiger partial charge in [-0.2, -0.15) is 0 Å². The third-order valence-corrected chi connectivity index (χ3v) is 3.69. The summed E-state index contributed by atoms with van der Waals surface area (Å²) in [6.07, 6.45) is 7.99. The van der Waals surface area contributed by atoms with Gasteiger partial charge in [-0.1, -0.05) is 39.5 Å². The Labute approximate surface area is 117 Å². The number of nitrogens with two attached hydrogens (primary N) is 1. The fourth-order valence-electron chi connectivity index (χ4n) is 2.05. The Kier molecular flexibility index (Phi) is 9.88. The Bertz CT molecular complexity index is 246. The number of carboxylic acid groups (broad SMARTS) is 1. The maximum atomic E-state index is 11.0. The lowest BCUT2D eigenvalue weighted by Crippen LogP contribution is -2.47. The van der Waals surface area contributed by atoms with Crippen LogP contribution in [-0.2, 0) is 9.53 Å². The summed E-state index contributed by atoms with van der Waals surface area (Å²) in [4.78, 5) is 11.0. The van der Waals surface area contributed by atoms with Crippen molar-refractivity contribution < 1.29 is 14.6 Å². The topological polar surface area (TPSA) is 72.5 Å². The molecule has 0 radical (unpaired) electrons. The molecule has 0 spiro atoms. The van der Waals surface area contributed by atoms with Gasteiger partial charge in [0.15, 0.2) is 0 Å². The van der Waals surface area contributed by atoms with Gasteiger partial charge in [-0.25, -0.2) is 0 Å². The summed E-state index contributed by atoms with van der Waals surface area (Å²) in [7, 11) is 0. The summed E-state index contributed by atoms with van der Waals surface area (Å²) >= 11 is 0. The van der Waals surface area contributed by atoms with Crippen LogP contribution in [0.3, 0.4) is 0 Å². The van der Waals surface area contributed by atoms with Crippen LogP contribution in [0.25, 0.3) is 0 Å². The highest BCUT2D eigenvalue weighted by Gasteiger charge is 2.30. The van der Waals surface area contributed by atoms with E-state index in [-0.39, 0.29) is 6.10 Å². The molecule has 0 aliphatic rings. The van der Waals surface area contributed by atoms with Crippen LogP contribution >= 0.6 is 0 Å². The lowest BCUT2D eigenvalue weighted by Gasteiger charge is -2.23. The zero-order valence-corrected chi connectivity index (χ0v) is 12.8. The summed E-state index contributed by atoms with van der Waals surface area (Å²) in [5.41, 5.74) is 4.73. The lowest BCUT2D eigenvalue weighted by molar-refractivity contribution is -0.143. The van der Waals surface area contributed by atoms with E-state index in [1.165, 1.54) is 25.7 Å². The number of unbranched alkanes of at least 4 members (excludes halogenated alkanes) is 3. The third kappa shape index (κ3) is 8.22. The van der Waals surface area contributed by atoms with Crippen molar-refractivity contribution in [3.8, 4) is 0 Å². The molecule has 0 aliphatic heterocycles. The largest absolute Gasteiger partial charge is 0.480 e. The van der Waals surface area contributed by atoms with Gasteiger partial charge in [0.05, 0.1) is 6.10 Å². The number of carboxylic acids is 1. The zero-order valence-electron chi connectivity index (χ0n) is 12.8. The first-order valence-corrected chi connectivity index (χ1v) is 7.60. The second-order valence-electron chi connectivity index (χ2n) is 5.45. The summed E-state index contributed by atoms with van der Waals surface area (Å²) < 4.78 is 5.69. The number of ether oxygens (including phenoxy) is 1. The van der Waals surface area contributed by atoms with Gasteiger partial charge < -0.3 is 15.6 Å². The van der Waals surface area contributed by atoms with Gasteiger partial charge in [-0.3, -0.25) is 4.79 Å². The maximum Gasteiger partial charge on any atom is 0.323 e. The average molecular weight is 273 g/mol. The fraction of sp³-hybridized carbons (Fsp3) is 0.933. The molecule has 2 unspecified atom stereocenters. The quantitative estimate of drug-likeness (QED) is 0.535. The van der Waals surface area contributed by atoms with Crippen LogP contribution in [0, 0.1) is 0 Å². The molecule has 0 rings (SSSR count). The van der Waals surface area contributed by atoms with Crippen molar-refractivity contribution in [2.24, 2.45) is 5.73 Å². The normalized spacial score (nSPS) is 16.0. The molecule has 114 valence electrons. The molecule has 2 atom stereocenters. The zero-order chi connectivity index (χ0) is 14.7.